The fourth-order valence-electron chi connectivity index (χ4n) is 3.27. The summed E-state index contributed by atoms with van der Waals surface area (Å²) in [6.45, 7) is 9.16. The van der Waals surface area contributed by atoms with Gasteiger partial charge in [-0.3, -0.25) is 0 Å². The van der Waals surface area contributed by atoms with Crippen LogP contribution in [0.2, 0.25) is 0 Å². The lowest BCUT2D eigenvalue weighted by molar-refractivity contribution is -0.143. The molecule has 0 radical (unpaired) electrons. The number of benzene rings is 1. The topological polar surface area (TPSA) is 63.2 Å². The average Bonchev–Trinajstić information content (AvgIpc) is 2.61. The zero-order chi connectivity index (χ0) is 20.0. The van der Waals surface area contributed by atoms with Crippen molar-refractivity contribution >= 4 is 12.0 Å². The Morgan fingerprint density at radius 1 is 1.33 bits per heavy atom. The maximum Gasteiger partial charge on any atom is 0.338 e. The minimum absolute atomic E-state index is 0.193. The van der Waals surface area contributed by atoms with Crippen molar-refractivity contribution in [2.24, 2.45) is 4.99 Å². The number of carbonyl (C=O) groups is 1. The quantitative estimate of drug-likeness (QED) is 0.587. The maximum atomic E-state index is 12.9. The van der Waals surface area contributed by atoms with Crippen molar-refractivity contribution in [1.82, 2.24) is 10.2 Å². The number of nitrogens with zero attached hydrogens (tertiary/aromatic N) is 2. The van der Waals surface area contributed by atoms with E-state index in [4.69, 9.17) is 9.47 Å². The van der Waals surface area contributed by atoms with Crippen LogP contribution in [-0.4, -0.2) is 50.2 Å². The summed E-state index contributed by atoms with van der Waals surface area (Å²) in [6.07, 6.45) is 0.703. The number of carbonyl (C=O) groups excluding carboxylic acids is 1. The van der Waals surface area contributed by atoms with Gasteiger partial charge in [0.05, 0.1) is 30.5 Å². The van der Waals surface area contributed by atoms with Crippen LogP contribution in [0.4, 0.5) is 0 Å². The van der Waals surface area contributed by atoms with Crippen LogP contribution in [0.1, 0.15) is 44.4 Å². The Kier molecular flexibility index (Phi) is 7.42. The third kappa shape index (κ3) is 5.10. The molecular formula is C21H31N3O3. The monoisotopic (exact) mass is 373 g/mol. The van der Waals surface area contributed by atoms with Gasteiger partial charge in [-0.15, -0.1) is 0 Å². The Bertz CT molecular complexity index is 725. The highest BCUT2D eigenvalue weighted by molar-refractivity contribution is 5.94. The minimum Gasteiger partial charge on any atom is -0.468 e. The predicted molar refractivity (Wildman–Crippen MR) is 108 cm³/mol. The van der Waals surface area contributed by atoms with Crippen LogP contribution in [0.5, 0.6) is 0 Å². The molecule has 6 heteroatoms. The van der Waals surface area contributed by atoms with Gasteiger partial charge in [-0.1, -0.05) is 29.8 Å². The molecule has 1 aliphatic rings. The normalized spacial score (nSPS) is 17.2. The Balaban J connectivity index is 2.54. The summed E-state index contributed by atoms with van der Waals surface area (Å²) in [5.74, 6) is -0.327. The van der Waals surface area contributed by atoms with Crippen LogP contribution in [0, 0.1) is 6.92 Å². The zero-order valence-electron chi connectivity index (χ0n) is 17.2. The highest BCUT2D eigenvalue weighted by Crippen LogP contribution is 2.36. The fourth-order valence-corrected chi connectivity index (χ4v) is 3.27. The molecule has 2 rings (SSSR count). The molecule has 1 aliphatic heterocycles. The molecule has 1 heterocycles. The molecule has 0 amide bonds. The van der Waals surface area contributed by atoms with E-state index in [9.17, 15) is 4.79 Å². The Morgan fingerprint density at radius 2 is 2.07 bits per heavy atom. The van der Waals surface area contributed by atoms with E-state index in [0.29, 0.717) is 23.8 Å². The molecule has 1 unspecified atom stereocenters. The highest BCUT2D eigenvalue weighted by Gasteiger charge is 2.37. The number of hydrogen-bond donors (Lipinski definition) is 1. The fraction of sp³-hybridized carbons (Fsp3) is 0.524. The Hall–Kier alpha value is -2.34. The van der Waals surface area contributed by atoms with Gasteiger partial charge in [0.15, 0.2) is 0 Å². The van der Waals surface area contributed by atoms with E-state index in [1.165, 1.54) is 0 Å². The summed E-state index contributed by atoms with van der Waals surface area (Å²) in [7, 11) is 3.54. The molecule has 1 aromatic carbocycles. The van der Waals surface area contributed by atoms with Crippen LogP contribution in [0.3, 0.4) is 0 Å². The number of methoxy groups -OCH3 is 1. The largest absolute Gasteiger partial charge is 0.468 e. The standard InChI is InChI=1S/C21H31N3O3/c1-14(2)27-20(25)18-16(4)23-21(26-6)24(12-8-11-22-5)19(18)17-10-7-9-15(3)13-17/h7,9-10,13-14,19,22H,8,11-12H2,1-6H3. The van der Waals surface area contributed by atoms with Gasteiger partial charge in [0, 0.05) is 6.54 Å². The molecule has 1 aromatic rings. The van der Waals surface area contributed by atoms with Crippen molar-refractivity contribution in [3.8, 4) is 0 Å². The van der Waals surface area contributed by atoms with Gasteiger partial charge >= 0.3 is 5.97 Å². The Labute approximate surface area is 162 Å². The van der Waals surface area contributed by atoms with Gasteiger partial charge in [-0.05, 0) is 53.3 Å². The molecular weight excluding hydrogens is 342 g/mol. The summed E-state index contributed by atoms with van der Waals surface area (Å²) in [6, 6.07) is 8.43. The van der Waals surface area contributed by atoms with E-state index < -0.39 is 0 Å². The maximum absolute atomic E-state index is 12.9. The molecule has 0 aliphatic carbocycles. The molecule has 27 heavy (non-hydrogen) atoms. The van der Waals surface area contributed by atoms with Gasteiger partial charge in [-0.25, -0.2) is 9.79 Å². The van der Waals surface area contributed by atoms with Crippen LogP contribution < -0.4 is 5.32 Å². The first-order valence-electron chi connectivity index (χ1n) is 9.41. The molecule has 0 saturated carbocycles. The molecule has 0 aromatic heterocycles. The lowest BCUT2D eigenvalue weighted by atomic mass is 9.93. The van der Waals surface area contributed by atoms with Gasteiger partial charge < -0.3 is 19.7 Å². The van der Waals surface area contributed by atoms with Crippen LogP contribution in [-0.2, 0) is 14.3 Å². The van der Waals surface area contributed by atoms with Gasteiger partial charge in [0.1, 0.15) is 0 Å². The number of hydrogen-bond acceptors (Lipinski definition) is 6. The number of rotatable bonds is 7. The number of ether oxygens (including phenoxy) is 2. The van der Waals surface area contributed by atoms with E-state index in [0.717, 1.165) is 24.1 Å². The van der Waals surface area contributed by atoms with Gasteiger partial charge in [0.25, 0.3) is 6.02 Å². The molecule has 148 valence electrons. The summed E-state index contributed by atoms with van der Waals surface area (Å²) >= 11 is 0. The second-order valence-electron chi connectivity index (χ2n) is 7.02. The predicted octanol–water partition coefficient (Wildman–Crippen LogP) is 3.19. The van der Waals surface area contributed by atoms with E-state index in [1.807, 2.05) is 52.9 Å². The van der Waals surface area contributed by atoms with Crippen molar-refractivity contribution in [2.45, 2.75) is 46.3 Å². The van der Waals surface area contributed by atoms with Crippen molar-refractivity contribution in [3.63, 3.8) is 0 Å². The first-order chi connectivity index (χ1) is 12.9. The van der Waals surface area contributed by atoms with Crippen LogP contribution in [0.25, 0.3) is 0 Å². The van der Waals surface area contributed by atoms with Gasteiger partial charge in [0.2, 0.25) is 0 Å². The summed E-state index contributed by atoms with van der Waals surface area (Å²) in [4.78, 5) is 19.5. The second kappa shape index (κ2) is 9.55. The molecule has 6 nitrogen and oxygen atoms in total. The molecule has 1 atom stereocenters. The molecule has 1 N–H and O–H groups in total. The van der Waals surface area contributed by atoms with Crippen molar-refractivity contribution in [2.75, 3.05) is 27.2 Å². The molecule has 0 saturated heterocycles. The lowest BCUT2D eigenvalue weighted by Crippen LogP contribution is -2.42. The van der Waals surface area contributed by atoms with E-state index >= 15 is 0 Å². The van der Waals surface area contributed by atoms with E-state index in [1.54, 1.807) is 7.11 Å². The number of esters is 1. The molecule has 0 bridgehead atoms. The van der Waals surface area contributed by atoms with Crippen LogP contribution >= 0.6 is 0 Å². The number of amidine groups is 1. The Morgan fingerprint density at radius 3 is 2.67 bits per heavy atom. The highest BCUT2D eigenvalue weighted by atomic mass is 16.5. The number of aryl methyl sites for hydroxylation is 1. The van der Waals surface area contributed by atoms with Crippen molar-refractivity contribution < 1.29 is 14.3 Å². The SMILES string of the molecule is CNCCCN1C(OC)=NC(C)=C(C(=O)OC(C)C)C1c1cccc(C)c1. The third-order valence-electron chi connectivity index (χ3n) is 4.41. The first kappa shape index (κ1) is 21.0. The minimum atomic E-state index is -0.327. The zero-order valence-corrected chi connectivity index (χ0v) is 17.2. The number of allylic oxidation sites excluding steroid dienone is 1. The second-order valence-corrected chi connectivity index (χ2v) is 7.02. The number of aliphatic imine (C=N–C) groups is 1. The van der Waals surface area contributed by atoms with Crippen LogP contribution in [0.15, 0.2) is 40.5 Å². The third-order valence-corrected chi connectivity index (χ3v) is 4.41. The average molecular weight is 373 g/mol. The smallest absolute Gasteiger partial charge is 0.338 e. The lowest BCUT2D eigenvalue weighted by Gasteiger charge is -2.37. The summed E-state index contributed by atoms with van der Waals surface area (Å²) < 4.78 is 11.1. The summed E-state index contributed by atoms with van der Waals surface area (Å²) in [5.41, 5.74) is 3.37. The summed E-state index contributed by atoms with van der Waals surface area (Å²) in [5, 5.41) is 3.16. The first-order valence-corrected chi connectivity index (χ1v) is 9.41. The van der Waals surface area contributed by atoms with Crippen molar-refractivity contribution in [3.05, 3.63) is 46.7 Å². The molecule has 0 spiro atoms. The van der Waals surface area contributed by atoms with E-state index in [2.05, 4.69) is 21.3 Å². The van der Waals surface area contributed by atoms with E-state index in [-0.39, 0.29) is 18.1 Å². The molecule has 0 fully saturated rings. The van der Waals surface area contributed by atoms with Crippen molar-refractivity contribution in [1.29, 1.82) is 0 Å². The number of nitrogens with one attached hydrogen (secondary N) is 1. The van der Waals surface area contributed by atoms with Gasteiger partial charge in [-0.2, -0.15) is 0 Å².